The molecular weight excluding hydrogens is 387 g/mol. The highest BCUT2D eigenvalue weighted by atomic mass is 35.5. The lowest BCUT2D eigenvalue weighted by atomic mass is 10.1. The van der Waals surface area contributed by atoms with E-state index in [0.29, 0.717) is 21.4 Å². The van der Waals surface area contributed by atoms with Crippen LogP contribution < -0.4 is 0 Å². The van der Waals surface area contributed by atoms with Crippen molar-refractivity contribution >= 4 is 29.2 Å². The summed E-state index contributed by atoms with van der Waals surface area (Å²) in [5.74, 6) is -1.10. The molecule has 1 heterocycles. The second-order valence-corrected chi connectivity index (χ2v) is 6.22. The third-order valence-corrected chi connectivity index (χ3v) is 4.08. The highest BCUT2D eigenvalue weighted by molar-refractivity contribution is 6.35. The Kier molecular flexibility index (Phi) is 7.85. The van der Waals surface area contributed by atoms with Gasteiger partial charge in [0.15, 0.2) is 5.69 Å². The third-order valence-electron chi connectivity index (χ3n) is 3.54. The van der Waals surface area contributed by atoms with Gasteiger partial charge in [-0.2, -0.15) is 5.10 Å². The molecule has 1 N–H and O–H groups in total. The molecule has 0 aliphatic rings. The van der Waals surface area contributed by atoms with Gasteiger partial charge in [0.1, 0.15) is 0 Å². The van der Waals surface area contributed by atoms with E-state index in [2.05, 4.69) is 5.10 Å². The van der Waals surface area contributed by atoms with Gasteiger partial charge in [-0.1, -0.05) is 53.5 Å². The van der Waals surface area contributed by atoms with E-state index in [9.17, 15) is 9.90 Å². The lowest BCUT2D eigenvalue weighted by molar-refractivity contribution is 0.0690. The van der Waals surface area contributed by atoms with E-state index in [-0.39, 0.29) is 5.69 Å². The molecule has 142 valence electrons. The maximum absolute atomic E-state index is 11.2. The molecular formula is C20H20Cl2N2O3. The topological polar surface area (TPSA) is 64.3 Å². The van der Waals surface area contributed by atoms with E-state index in [4.69, 9.17) is 27.9 Å². The zero-order valence-corrected chi connectivity index (χ0v) is 16.5. The van der Waals surface area contributed by atoms with Gasteiger partial charge in [0.2, 0.25) is 0 Å². The van der Waals surface area contributed by atoms with E-state index in [1.54, 1.807) is 18.2 Å². The maximum atomic E-state index is 11.2. The van der Waals surface area contributed by atoms with Gasteiger partial charge in [0.05, 0.1) is 16.4 Å². The normalized spacial score (nSPS) is 10.2. The van der Waals surface area contributed by atoms with Crippen LogP contribution in [0.15, 0.2) is 54.6 Å². The molecule has 3 rings (SSSR count). The fraction of sp³-hybridized carbons (Fsp3) is 0.200. The van der Waals surface area contributed by atoms with Gasteiger partial charge >= 0.3 is 5.97 Å². The van der Waals surface area contributed by atoms with Gasteiger partial charge in [-0.25, -0.2) is 9.48 Å². The Morgan fingerprint density at radius 2 is 1.74 bits per heavy atom. The van der Waals surface area contributed by atoms with Gasteiger partial charge < -0.3 is 9.84 Å². The molecule has 0 atom stereocenters. The van der Waals surface area contributed by atoms with Crippen molar-refractivity contribution in [3.05, 3.63) is 70.3 Å². The van der Waals surface area contributed by atoms with Gasteiger partial charge in [-0.05, 0) is 38.1 Å². The Labute approximate surface area is 168 Å². The lowest BCUT2D eigenvalue weighted by Gasteiger charge is -2.09. The summed E-state index contributed by atoms with van der Waals surface area (Å²) in [4.78, 5) is 11.2. The number of hydrogen-bond acceptors (Lipinski definition) is 3. The minimum atomic E-state index is -1.10. The molecule has 0 fully saturated rings. The standard InChI is InChI=1S/C16H10Cl2N2O2.C4H10O/c17-11-6-7-14(12(18)8-11)20-15(9-13(19-20)16(21)22)10-4-2-1-3-5-10;1-3-5-4-2/h1-9H,(H,21,22);3-4H2,1-2H3. The van der Waals surface area contributed by atoms with Crippen molar-refractivity contribution in [1.29, 1.82) is 0 Å². The van der Waals surface area contributed by atoms with Crippen molar-refractivity contribution in [2.75, 3.05) is 13.2 Å². The van der Waals surface area contributed by atoms with Gasteiger partial charge in [-0.3, -0.25) is 0 Å². The zero-order valence-electron chi connectivity index (χ0n) is 15.0. The molecule has 27 heavy (non-hydrogen) atoms. The molecule has 0 saturated heterocycles. The number of ether oxygens (including phenoxy) is 1. The lowest BCUT2D eigenvalue weighted by Crippen LogP contribution is -2.03. The molecule has 5 nitrogen and oxygen atoms in total. The highest BCUT2D eigenvalue weighted by Crippen LogP contribution is 2.29. The molecule has 3 aromatic rings. The monoisotopic (exact) mass is 406 g/mol. The number of benzene rings is 2. The van der Waals surface area contributed by atoms with Crippen molar-refractivity contribution in [2.45, 2.75) is 13.8 Å². The van der Waals surface area contributed by atoms with E-state index in [1.807, 2.05) is 44.2 Å². The number of carboxylic acids is 1. The first-order valence-corrected chi connectivity index (χ1v) is 9.15. The van der Waals surface area contributed by atoms with Gasteiger partial charge in [-0.15, -0.1) is 0 Å². The molecule has 1 aromatic heterocycles. The number of rotatable bonds is 5. The van der Waals surface area contributed by atoms with Crippen molar-refractivity contribution < 1.29 is 14.6 Å². The average Bonchev–Trinajstić information content (AvgIpc) is 3.09. The predicted octanol–water partition coefficient (Wildman–Crippen LogP) is 5.59. The predicted molar refractivity (Wildman–Crippen MR) is 108 cm³/mol. The van der Waals surface area contributed by atoms with Crippen LogP contribution in [0, 0.1) is 0 Å². The molecule has 0 radical (unpaired) electrons. The van der Waals surface area contributed by atoms with E-state index >= 15 is 0 Å². The van der Waals surface area contributed by atoms with Crippen LogP contribution >= 0.6 is 23.2 Å². The Morgan fingerprint density at radius 3 is 2.26 bits per heavy atom. The van der Waals surface area contributed by atoms with E-state index < -0.39 is 5.97 Å². The number of carbonyl (C=O) groups is 1. The molecule has 0 saturated carbocycles. The van der Waals surface area contributed by atoms with Crippen LogP contribution in [-0.4, -0.2) is 34.1 Å². The Balaban J connectivity index is 0.000000465. The second-order valence-electron chi connectivity index (χ2n) is 5.38. The fourth-order valence-electron chi connectivity index (χ4n) is 2.34. The number of aromatic nitrogens is 2. The molecule has 0 bridgehead atoms. The number of aromatic carboxylic acids is 1. The van der Waals surface area contributed by atoms with Crippen LogP contribution in [0.5, 0.6) is 0 Å². The first-order valence-electron chi connectivity index (χ1n) is 8.39. The van der Waals surface area contributed by atoms with Crippen LogP contribution in [-0.2, 0) is 4.74 Å². The minimum Gasteiger partial charge on any atom is -0.476 e. The summed E-state index contributed by atoms with van der Waals surface area (Å²) in [6, 6.07) is 15.9. The van der Waals surface area contributed by atoms with Crippen LogP contribution in [0.25, 0.3) is 16.9 Å². The summed E-state index contributed by atoms with van der Waals surface area (Å²) in [5, 5.41) is 14.2. The van der Waals surface area contributed by atoms with Crippen LogP contribution in [0.2, 0.25) is 10.0 Å². The Hall–Kier alpha value is -2.34. The first kappa shape index (κ1) is 21.0. The van der Waals surface area contributed by atoms with Crippen molar-refractivity contribution in [2.24, 2.45) is 0 Å². The van der Waals surface area contributed by atoms with Crippen molar-refractivity contribution in [3.8, 4) is 16.9 Å². The number of carboxylic acid groups (broad SMARTS) is 1. The van der Waals surface area contributed by atoms with Gasteiger partial charge in [0, 0.05) is 23.8 Å². The van der Waals surface area contributed by atoms with Crippen LogP contribution in [0.1, 0.15) is 24.3 Å². The fourth-order valence-corrected chi connectivity index (χ4v) is 2.83. The average molecular weight is 407 g/mol. The number of halogens is 2. The molecule has 7 heteroatoms. The molecule has 0 amide bonds. The molecule has 2 aromatic carbocycles. The molecule has 0 aliphatic heterocycles. The molecule has 0 aliphatic carbocycles. The largest absolute Gasteiger partial charge is 0.476 e. The maximum Gasteiger partial charge on any atom is 0.356 e. The van der Waals surface area contributed by atoms with E-state index in [0.717, 1.165) is 18.8 Å². The SMILES string of the molecule is CCOCC.O=C(O)c1cc(-c2ccccc2)n(-c2ccc(Cl)cc2Cl)n1. The van der Waals surface area contributed by atoms with Crippen LogP contribution in [0.4, 0.5) is 0 Å². The molecule has 0 unspecified atom stereocenters. The summed E-state index contributed by atoms with van der Waals surface area (Å²) in [6.07, 6.45) is 0. The highest BCUT2D eigenvalue weighted by Gasteiger charge is 2.17. The molecule has 0 spiro atoms. The quantitative estimate of drug-likeness (QED) is 0.599. The Bertz CT molecular complexity index is 893. The van der Waals surface area contributed by atoms with Gasteiger partial charge in [0.25, 0.3) is 0 Å². The second kappa shape index (κ2) is 10.1. The summed E-state index contributed by atoms with van der Waals surface area (Å²) in [7, 11) is 0. The van der Waals surface area contributed by atoms with Crippen molar-refractivity contribution in [3.63, 3.8) is 0 Å². The third kappa shape index (κ3) is 5.57. The van der Waals surface area contributed by atoms with Crippen molar-refractivity contribution in [1.82, 2.24) is 9.78 Å². The van der Waals surface area contributed by atoms with Crippen LogP contribution in [0.3, 0.4) is 0 Å². The van der Waals surface area contributed by atoms with E-state index in [1.165, 1.54) is 10.7 Å². The zero-order chi connectivity index (χ0) is 19.8. The minimum absolute atomic E-state index is 0.0510. The Morgan fingerprint density at radius 1 is 1.07 bits per heavy atom. The number of nitrogens with zero attached hydrogens (tertiary/aromatic N) is 2. The summed E-state index contributed by atoms with van der Waals surface area (Å²) in [5.41, 5.74) is 2.00. The summed E-state index contributed by atoms with van der Waals surface area (Å²) < 4.78 is 6.34. The first-order chi connectivity index (χ1) is 13.0. The smallest absolute Gasteiger partial charge is 0.356 e. The number of hydrogen-bond donors (Lipinski definition) is 1. The summed E-state index contributed by atoms with van der Waals surface area (Å²) >= 11 is 12.1. The summed E-state index contributed by atoms with van der Waals surface area (Å²) in [6.45, 7) is 5.67.